The first-order valence-corrected chi connectivity index (χ1v) is 15.7. The van der Waals surface area contributed by atoms with Crippen molar-refractivity contribution in [3.05, 3.63) is 175 Å². The molecular formula is C42H28N4O. The number of pyridine rings is 1. The zero-order valence-corrected chi connectivity index (χ0v) is 25.3. The van der Waals surface area contributed by atoms with Crippen molar-refractivity contribution in [1.82, 2.24) is 10.3 Å². The number of aliphatic imine (C=N–C) groups is 2. The van der Waals surface area contributed by atoms with E-state index in [-0.39, 0.29) is 0 Å². The van der Waals surface area contributed by atoms with Gasteiger partial charge in [-0.15, -0.1) is 0 Å². The van der Waals surface area contributed by atoms with Crippen LogP contribution in [0.2, 0.25) is 0 Å². The Kier molecular flexibility index (Phi) is 6.46. The Morgan fingerprint density at radius 1 is 0.489 bits per heavy atom. The molecule has 0 saturated heterocycles. The van der Waals surface area contributed by atoms with Gasteiger partial charge in [0.15, 0.2) is 12.0 Å². The number of hydrogen-bond donors (Lipinski definition) is 1. The minimum atomic E-state index is -0.453. The van der Waals surface area contributed by atoms with Crippen LogP contribution in [0.1, 0.15) is 23.0 Å². The normalized spacial score (nSPS) is 14.6. The zero-order valence-electron chi connectivity index (χ0n) is 25.3. The summed E-state index contributed by atoms with van der Waals surface area (Å²) in [6.07, 6.45) is 1.32. The SMILES string of the molecule is c1ccc(-c2ccc(-c3ccc(C4=NC(c5ccc6ccccc6c5)N=C(c5nccc6oc7ccccc7c56)N4)cc3)cc2)cc1. The summed E-state index contributed by atoms with van der Waals surface area (Å²) < 4.78 is 6.19. The monoisotopic (exact) mass is 604 g/mol. The van der Waals surface area contributed by atoms with Gasteiger partial charge in [0.05, 0.1) is 5.39 Å². The molecule has 1 aliphatic heterocycles. The molecule has 3 heterocycles. The van der Waals surface area contributed by atoms with E-state index in [4.69, 9.17) is 19.4 Å². The molecule has 222 valence electrons. The van der Waals surface area contributed by atoms with Crippen molar-refractivity contribution in [1.29, 1.82) is 0 Å². The van der Waals surface area contributed by atoms with Crippen LogP contribution in [0, 0.1) is 0 Å². The Hall–Kier alpha value is -6.33. The summed E-state index contributed by atoms with van der Waals surface area (Å²) in [7, 11) is 0. The van der Waals surface area contributed by atoms with Crippen LogP contribution in [0.15, 0.2) is 172 Å². The predicted molar refractivity (Wildman–Crippen MR) is 192 cm³/mol. The van der Waals surface area contributed by atoms with Gasteiger partial charge in [-0.05, 0) is 56.8 Å². The molecule has 0 amide bonds. The number of amidine groups is 2. The molecule has 47 heavy (non-hydrogen) atoms. The fraction of sp³-hybridized carbons (Fsp3) is 0.0238. The first kappa shape index (κ1) is 27.0. The van der Waals surface area contributed by atoms with E-state index in [1.165, 1.54) is 16.5 Å². The molecular weight excluding hydrogens is 576 g/mol. The predicted octanol–water partition coefficient (Wildman–Crippen LogP) is 9.96. The standard InChI is InChI=1S/C42H28N4O/c1-2-8-27(9-3-1)29-14-16-30(17-15-29)31-18-21-32(22-19-31)40-44-41(34-23-20-28-10-4-5-11-33(28)26-34)46-42(45-40)39-38-35-12-6-7-13-36(35)47-37(38)24-25-43-39/h1-26,41H,(H,44,45,46). The Balaban J connectivity index is 1.11. The van der Waals surface area contributed by atoms with Crippen LogP contribution in [-0.4, -0.2) is 16.7 Å². The average Bonchev–Trinajstić information content (AvgIpc) is 3.54. The highest BCUT2D eigenvalue weighted by Gasteiger charge is 2.24. The second kappa shape index (κ2) is 11.2. The summed E-state index contributed by atoms with van der Waals surface area (Å²) in [4.78, 5) is 15.1. The van der Waals surface area contributed by atoms with Crippen LogP contribution in [0.5, 0.6) is 0 Å². The molecule has 5 nitrogen and oxygen atoms in total. The van der Waals surface area contributed by atoms with Gasteiger partial charge >= 0.3 is 0 Å². The number of para-hydroxylation sites is 1. The van der Waals surface area contributed by atoms with Gasteiger partial charge in [0.25, 0.3) is 0 Å². The van der Waals surface area contributed by atoms with Crippen LogP contribution in [0.25, 0.3) is 55.0 Å². The number of nitrogens with one attached hydrogen (secondary N) is 1. The average molecular weight is 605 g/mol. The van der Waals surface area contributed by atoms with Crippen molar-refractivity contribution in [2.45, 2.75) is 6.17 Å². The second-order valence-corrected chi connectivity index (χ2v) is 11.7. The molecule has 1 atom stereocenters. The Morgan fingerprint density at radius 2 is 1.11 bits per heavy atom. The quantitative estimate of drug-likeness (QED) is 0.213. The lowest BCUT2D eigenvalue weighted by molar-refractivity contribution is 0.668. The van der Waals surface area contributed by atoms with Crippen LogP contribution >= 0.6 is 0 Å². The van der Waals surface area contributed by atoms with Gasteiger partial charge in [0, 0.05) is 17.1 Å². The summed E-state index contributed by atoms with van der Waals surface area (Å²) in [6, 6.07) is 52.4. The van der Waals surface area contributed by atoms with Crippen LogP contribution < -0.4 is 5.32 Å². The maximum absolute atomic E-state index is 6.19. The van der Waals surface area contributed by atoms with Gasteiger partial charge < -0.3 is 9.73 Å². The maximum atomic E-state index is 6.19. The van der Waals surface area contributed by atoms with E-state index in [0.29, 0.717) is 5.84 Å². The third-order valence-electron chi connectivity index (χ3n) is 8.81. The molecule has 0 fully saturated rings. The van der Waals surface area contributed by atoms with Crippen LogP contribution in [-0.2, 0) is 0 Å². The molecule has 0 aliphatic carbocycles. The van der Waals surface area contributed by atoms with Gasteiger partial charge in [0.1, 0.15) is 22.7 Å². The Morgan fingerprint density at radius 3 is 1.87 bits per heavy atom. The molecule has 0 saturated carbocycles. The molecule has 9 rings (SSSR count). The smallest absolute Gasteiger partial charge is 0.169 e. The van der Waals surface area contributed by atoms with E-state index in [2.05, 4.69) is 127 Å². The lowest BCUT2D eigenvalue weighted by atomic mass is 9.99. The van der Waals surface area contributed by atoms with Gasteiger partial charge in [-0.1, -0.05) is 133 Å². The van der Waals surface area contributed by atoms with E-state index < -0.39 is 6.17 Å². The van der Waals surface area contributed by atoms with Gasteiger partial charge in [0.2, 0.25) is 0 Å². The fourth-order valence-corrected chi connectivity index (χ4v) is 6.39. The fourth-order valence-electron chi connectivity index (χ4n) is 6.39. The van der Waals surface area contributed by atoms with Crippen LogP contribution in [0.3, 0.4) is 0 Å². The van der Waals surface area contributed by atoms with E-state index in [9.17, 15) is 0 Å². The van der Waals surface area contributed by atoms with E-state index in [1.807, 2.05) is 30.3 Å². The van der Waals surface area contributed by atoms with Crippen molar-refractivity contribution in [2.75, 3.05) is 0 Å². The molecule has 0 bridgehead atoms. The number of hydrogen-bond acceptors (Lipinski definition) is 5. The summed E-state index contributed by atoms with van der Waals surface area (Å²) in [5.41, 5.74) is 9.03. The third-order valence-corrected chi connectivity index (χ3v) is 8.81. The highest BCUT2D eigenvalue weighted by Crippen LogP contribution is 2.33. The lowest BCUT2D eigenvalue weighted by Gasteiger charge is -2.22. The van der Waals surface area contributed by atoms with E-state index in [1.54, 1.807) is 6.20 Å². The van der Waals surface area contributed by atoms with E-state index in [0.717, 1.165) is 61.1 Å². The largest absolute Gasteiger partial charge is 0.456 e. The summed E-state index contributed by atoms with van der Waals surface area (Å²) in [6.45, 7) is 0. The zero-order chi connectivity index (χ0) is 31.2. The maximum Gasteiger partial charge on any atom is 0.169 e. The first-order valence-electron chi connectivity index (χ1n) is 15.7. The molecule has 0 spiro atoms. The molecule has 6 aromatic carbocycles. The van der Waals surface area contributed by atoms with Crippen molar-refractivity contribution >= 4 is 44.4 Å². The highest BCUT2D eigenvalue weighted by molar-refractivity contribution is 6.22. The number of benzene rings is 6. The second-order valence-electron chi connectivity index (χ2n) is 11.7. The summed E-state index contributed by atoms with van der Waals surface area (Å²) in [5, 5.41) is 7.82. The Labute approximate surface area is 271 Å². The van der Waals surface area contributed by atoms with Crippen molar-refractivity contribution in [3.8, 4) is 22.3 Å². The molecule has 0 radical (unpaired) electrons. The minimum Gasteiger partial charge on any atom is -0.456 e. The lowest BCUT2D eigenvalue weighted by Crippen LogP contribution is -2.36. The minimum absolute atomic E-state index is 0.453. The number of rotatable bonds is 5. The van der Waals surface area contributed by atoms with Gasteiger partial charge in [-0.2, -0.15) is 0 Å². The molecule has 5 heteroatoms. The van der Waals surface area contributed by atoms with Crippen molar-refractivity contribution in [2.24, 2.45) is 9.98 Å². The summed E-state index contributed by atoms with van der Waals surface area (Å²) >= 11 is 0. The van der Waals surface area contributed by atoms with Gasteiger partial charge in [-0.3, -0.25) is 4.98 Å². The third kappa shape index (κ3) is 4.95. The number of furan rings is 1. The van der Waals surface area contributed by atoms with Crippen molar-refractivity contribution < 1.29 is 4.42 Å². The molecule has 1 unspecified atom stereocenters. The molecule has 1 N–H and O–H groups in total. The topological polar surface area (TPSA) is 62.8 Å². The molecule has 1 aliphatic rings. The first-order chi connectivity index (χ1) is 23.3. The molecule has 8 aromatic rings. The number of nitrogens with zero attached hydrogens (tertiary/aromatic N) is 3. The van der Waals surface area contributed by atoms with E-state index >= 15 is 0 Å². The highest BCUT2D eigenvalue weighted by atomic mass is 16.3. The Bertz CT molecular complexity index is 2480. The number of fused-ring (bicyclic) bond motifs is 4. The van der Waals surface area contributed by atoms with Crippen LogP contribution in [0.4, 0.5) is 0 Å². The van der Waals surface area contributed by atoms with Crippen molar-refractivity contribution in [3.63, 3.8) is 0 Å². The molecule has 2 aromatic heterocycles. The number of aromatic nitrogens is 1. The van der Waals surface area contributed by atoms with Gasteiger partial charge in [-0.25, -0.2) is 9.98 Å². The summed E-state index contributed by atoms with van der Waals surface area (Å²) in [5.74, 6) is 1.40.